The van der Waals surface area contributed by atoms with Gasteiger partial charge >= 0.3 is 0 Å². The van der Waals surface area contributed by atoms with E-state index in [0.29, 0.717) is 22.6 Å². The number of anilines is 1. The summed E-state index contributed by atoms with van der Waals surface area (Å²) in [4.78, 5) is 12.6. The first-order valence-electron chi connectivity index (χ1n) is 9.43. The lowest BCUT2D eigenvalue weighted by molar-refractivity contribution is 0.561. The molecule has 0 aliphatic heterocycles. The Balaban J connectivity index is 1.49. The molecule has 31 heavy (non-hydrogen) atoms. The van der Waals surface area contributed by atoms with Gasteiger partial charge in [-0.2, -0.15) is 10.1 Å². The van der Waals surface area contributed by atoms with E-state index in [1.54, 1.807) is 47.5 Å². The third-order valence-electron chi connectivity index (χ3n) is 4.98. The number of aromatic nitrogens is 7. The van der Waals surface area contributed by atoms with Crippen LogP contribution in [-0.4, -0.2) is 34.3 Å². The van der Waals surface area contributed by atoms with Crippen molar-refractivity contribution >= 4 is 11.6 Å². The highest BCUT2D eigenvalue weighted by atomic mass is 19.1. The van der Waals surface area contributed by atoms with Gasteiger partial charge in [0.1, 0.15) is 11.5 Å². The Hall–Kier alpha value is -4.21. The summed E-state index contributed by atoms with van der Waals surface area (Å²) in [6.45, 7) is 1.94. The van der Waals surface area contributed by atoms with Gasteiger partial charge < -0.3 is 5.73 Å². The third kappa shape index (κ3) is 3.48. The van der Waals surface area contributed by atoms with Crippen molar-refractivity contribution in [3.63, 3.8) is 0 Å². The van der Waals surface area contributed by atoms with E-state index in [2.05, 4.69) is 25.1 Å². The minimum Gasteiger partial charge on any atom is -0.366 e. The topological polar surface area (TPSA) is 99.8 Å². The summed E-state index contributed by atoms with van der Waals surface area (Å²) < 4.78 is 30.9. The molecule has 0 saturated carbocycles. The highest BCUT2D eigenvalue weighted by Crippen LogP contribution is 2.26. The molecule has 1 unspecified atom stereocenters. The highest BCUT2D eigenvalue weighted by molar-refractivity contribution is 5.67. The summed E-state index contributed by atoms with van der Waals surface area (Å²) in [5, 5.41) is 8.38. The van der Waals surface area contributed by atoms with Crippen molar-refractivity contribution < 1.29 is 8.78 Å². The van der Waals surface area contributed by atoms with E-state index in [-0.39, 0.29) is 23.5 Å². The van der Waals surface area contributed by atoms with Gasteiger partial charge in [0.2, 0.25) is 5.95 Å². The molecule has 0 saturated heterocycles. The number of rotatable bonds is 4. The average molecular weight is 418 g/mol. The Morgan fingerprint density at radius 1 is 1.00 bits per heavy atom. The molecule has 0 aliphatic rings. The standard InChI is InChI=1S/C21H16F2N8/c1-12(13-2-4-16(22)5-3-13)31-11-15(9-26-31)20-25-10-17(23)19(28-20)14-6-7-30-18(8-14)27-21(24)29-30/h2-12H,1H3,(H2,24,29). The minimum atomic E-state index is -0.562. The fourth-order valence-corrected chi connectivity index (χ4v) is 3.31. The van der Waals surface area contributed by atoms with Gasteiger partial charge in [-0.25, -0.2) is 23.3 Å². The van der Waals surface area contributed by atoms with Gasteiger partial charge in [-0.3, -0.25) is 4.68 Å². The lowest BCUT2D eigenvalue weighted by atomic mass is 10.1. The van der Waals surface area contributed by atoms with Crippen LogP contribution in [0, 0.1) is 11.6 Å². The Bertz CT molecular complexity index is 1390. The van der Waals surface area contributed by atoms with Gasteiger partial charge in [-0.05, 0) is 36.8 Å². The fourth-order valence-electron chi connectivity index (χ4n) is 3.31. The predicted molar refractivity (Wildman–Crippen MR) is 110 cm³/mol. The maximum absolute atomic E-state index is 14.5. The Morgan fingerprint density at radius 3 is 2.61 bits per heavy atom. The van der Waals surface area contributed by atoms with Crippen molar-refractivity contribution in [2.24, 2.45) is 0 Å². The molecule has 10 heteroatoms. The number of nitrogen functional groups attached to an aromatic ring is 1. The largest absolute Gasteiger partial charge is 0.366 e. The molecule has 0 radical (unpaired) electrons. The summed E-state index contributed by atoms with van der Waals surface area (Å²) in [5.41, 5.74) is 8.28. The van der Waals surface area contributed by atoms with E-state index in [1.807, 2.05) is 6.92 Å². The molecule has 0 fully saturated rings. The molecule has 0 amide bonds. The van der Waals surface area contributed by atoms with E-state index >= 15 is 0 Å². The first-order chi connectivity index (χ1) is 15.0. The smallest absolute Gasteiger partial charge is 0.240 e. The number of fused-ring (bicyclic) bond motifs is 1. The molecule has 1 atom stereocenters. The maximum Gasteiger partial charge on any atom is 0.240 e. The molecule has 1 aromatic carbocycles. The van der Waals surface area contributed by atoms with Crippen molar-refractivity contribution in [2.45, 2.75) is 13.0 Å². The quantitative estimate of drug-likeness (QED) is 0.479. The molecular formula is C21H16F2N8. The summed E-state index contributed by atoms with van der Waals surface area (Å²) in [6, 6.07) is 9.43. The fraction of sp³-hybridized carbons (Fsp3) is 0.0952. The SMILES string of the molecule is CC(c1ccc(F)cc1)n1cc(-c2ncc(F)c(-c3ccn4nc(N)nc4c3)n2)cn1. The summed E-state index contributed by atoms with van der Waals surface area (Å²) in [6.07, 6.45) is 6.14. The van der Waals surface area contributed by atoms with E-state index in [1.165, 1.54) is 16.6 Å². The number of pyridine rings is 1. The summed E-state index contributed by atoms with van der Waals surface area (Å²) in [7, 11) is 0. The van der Waals surface area contributed by atoms with Crippen LogP contribution in [0.1, 0.15) is 18.5 Å². The van der Waals surface area contributed by atoms with Gasteiger partial charge in [0.25, 0.3) is 0 Å². The normalized spacial score (nSPS) is 12.4. The zero-order valence-electron chi connectivity index (χ0n) is 16.3. The van der Waals surface area contributed by atoms with Crippen molar-refractivity contribution in [2.75, 3.05) is 5.73 Å². The molecule has 154 valence electrons. The van der Waals surface area contributed by atoms with Crippen LogP contribution in [0.25, 0.3) is 28.3 Å². The molecule has 4 heterocycles. The van der Waals surface area contributed by atoms with Crippen molar-refractivity contribution in [1.82, 2.24) is 34.3 Å². The molecule has 0 bridgehead atoms. The second-order valence-electron chi connectivity index (χ2n) is 7.01. The monoisotopic (exact) mass is 418 g/mol. The molecular weight excluding hydrogens is 402 g/mol. The van der Waals surface area contributed by atoms with Gasteiger partial charge in [0.05, 0.1) is 24.0 Å². The molecule has 8 nitrogen and oxygen atoms in total. The van der Waals surface area contributed by atoms with Gasteiger partial charge in [-0.15, -0.1) is 5.10 Å². The second kappa shape index (κ2) is 7.24. The van der Waals surface area contributed by atoms with Crippen LogP contribution in [0.3, 0.4) is 0 Å². The number of benzene rings is 1. The van der Waals surface area contributed by atoms with Crippen molar-refractivity contribution in [3.8, 4) is 22.6 Å². The summed E-state index contributed by atoms with van der Waals surface area (Å²) >= 11 is 0. The molecule has 5 rings (SSSR count). The van der Waals surface area contributed by atoms with Crippen LogP contribution < -0.4 is 5.73 Å². The van der Waals surface area contributed by atoms with E-state index < -0.39 is 5.82 Å². The zero-order chi connectivity index (χ0) is 21.5. The number of hydrogen-bond donors (Lipinski definition) is 1. The second-order valence-corrected chi connectivity index (χ2v) is 7.01. The van der Waals surface area contributed by atoms with Crippen LogP contribution in [-0.2, 0) is 0 Å². The number of nitrogens with zero attached hydrogens (tertiary/aromatic N) is 7. The van der Waals surface area contributed by atoms with Gasteiger partial charge in [0.15, 0.2) is 17.3 Å². The molecule has 0 spiro atoms. The average Bonchev–Trinajstić information content (AvgIpc) is 3.40. The Morgan fingerprint density at radius 2 is 1.81 bits per heavy atom. The lowest BCUT2D eigenvalue weighted by Gasteiger charge is -2.12. The molecule has 5 aromatic rings. The number of halogens is 2. The van der Waals surface area contributed by atoms with Crippen molar-refractivity contribution in [3.05, 3.63) is 78.4 Å². The van der Waals surface area contributed by atoms with Gasteiger partial charge in [-0.1, -0.05) is 12.1 Å². The van der Waals surface area contributed by atoms with E-state index in [0.717, 1.165) is 11.8 Å². The maximum atomic E-state index is 14.5. The highest BCUT2D eigenvalue weighted by Gasteiger charge is 2.15. The number of hydrogen-bond acceptors (Lipinski definition) is 6. The first-order valence-corrected chi connectivity index (χ1v) is 9.43. The van der Waals surface area contributed by atoms with Crippen LogP contribution in [0.5, 0.6) is 0 Å². The lowest BCUT2D eigenvalue weighted by Crippen LogP contribution is -2.07. The predicted octanol–water partition coefficient (Wildman–Crippen LogP) is 3.52. The molecule has 4 aromatic heterocycles. The first kappa shape index (κ1) is 18.8. The van der Waals surface area contributed by atoms with E-state index in [9.17, 15) is 8.78 Å². The zero-order valence-corrected chi connectivity index (χ0v) is 16.3. The molecule has 2 N–H and O–H groups in total. The Labute approximate surface area is 175 Å². The summed E-state index contributed by atoms with van der Waals surface area (Å²) in [5.74, 6) is -0.400. The number of nitrogens with two attached hydrogens (primary N) is 1. The van der Waals surface area contributed by atoms with E-state index in [4.69, 9.17) is 5.73 Å². The van der Waals surface area contributed by atoms with Gasteiger partial charge in [0, 0.05) is 18.0 Å². The third-order valence-corrected chi connectivity index (χ3v) is 4.98. The Kier molecular flexibility index (Phi) is 4.39. The van der Waals surface area contributed by atoms with Crippen molar-refractivity contribution in [1.29, 1.82) is 0 Å². The van der Waals surface area contributed by atoms with Crippen LogP contribution in [0.15, 0.2) is 61.2 Å². The van der Waals surface area contributed by atoms with Crippen LogP contribution >= 0.6 is 0 Å². The van der Waals surface area contributed by atoms with Crippen LogP contribution in [0.4, 0.5) is 14.7 Å². The minimum absolute atomic E-state index is 0.128. The van der Waals surface area contributed by atoms with Crippen LogP contribution in [0.2, 0.25) is 0 Å². The molecule has 0 aliphatic carbocycles.